The number of aromatic nitrogens is 1. The van der Waals surface area contributed by atoms with E-state index in [0.29, 0.717) is 11.4 Å². The Kier molecular flexibility index (Phi) is 3.03. The summed E-state index contributed by atoms with van der Waals surface area (Å²) in [5, 5.41) is 12.5. The second kappa shape index (κ2) is 4.34. The first-order chi connectivity index (χ1) is 8.07. The molecule has 2 heterocycles. The van der Waals surface area contributed by atoms with E-state index in [4.69, 9.17) is 10.00 Å². The van der Waals surface area contributed by atoms with Crippen LogP contribution in [0.15, 0.2) is 12.3 Å². The maximum Gasteiger partial charge on any atom is 0.144 e. The van der Waals surface area contributed by atoms with Crippen LogP contribution in [0.25, 0.3) is 0 Å². The second-order valence-electron chi connectivity index (χ2n) is 4.77. The van der Waals surface area contributed by atoms with Crippen LogP contribution in [0.5, 0.6) is 0 Å². The van der Waals surface area contributed by atoms with Crippen LogP contribution >= 0.6 is 0 Å². The minimum absolute atomic E-state index is 0.122. The number of aryl methyl sites for hydroxylation is 1. The van der Waals surface area contributed by atoms with Crippen molar-refractivity contribution in [1.82, 2.24) is 4.98 Å². The number of nitrogens with zero attached hydrogens (tertiary/aromatic N) is 2. The quantitative estimate of drug-likeness (QED) is 0.848. The molecule has 4 nitrogen and oxygen atoms in total. The first kappa shape index (κ1) is 11.9. The lowest BCUT2D eigenvalue weighted by atomic mass is 9.94. The van der Waals surface area contributed by atoms with E-state index in [-0.39, 0.29) is 11.6 Å². The van der Waals surface area contributed by atoms with Gasteiger partial charge in [-0.05, 0) is 38.8 Å². The number of hydrogen-bond acceptors (Lipinski definition) is 4. The molecule has 0 bridgehead atoms. The molecule has 1 aliphatic rings. The van der Waals surface area contributed by atoms with Crippen LogP contribution in [0, 0.1) is 18.3 Å². The molecule has 1 saturated heterocycles. The van der Waals surface area contributed by atoms with Gasteiger partial charge in [-0.15, -0.1) is 0 Å². The van der Waals surface area contributed by atoms with Gasteiger partial charge in [0.05, 0.1) is 17.2 Å². The number of pyridine rings is 1. The molecule has 4 heteroatoms. The molecule has 1 aromatic heterocycles. The van der Waals surface area contributed by atoms with Crippen LogP contribution in [0.4, 0.5) is 5.82 Å². The fraction of sp³-hybridized carbons (Fsp3) is 0.538. The van der Waals surface area contributed by atoms with Crippen LogP contribution in [-0.4, -0.2) is 23.2 Å². The first-order valence-electron chi connectivity index (χ1n) is 5.82. The van der Waals surface area contributed by atoms with Crippen molar-refractivity contribution in [2.75, 3.05) is 11.9 Å². The summed E-state index contributed by atoms with van der Waals surface area (Å²) in [5.41, 5.74) is 1.42. The number of ether oxygens (including phenoxy) is 1. The molecular weight excluding hydrogens is 214 g/mol. The van der Waals surface area contributed by atoms with E-state index >= 15 is 0 Å². The molecule has 1 fully saturated rings. The summed E-state index contributed by atoms with van der Waals surface area (Å²) in [6, 6.07) is 4.05. The molecule has 2 rings (SSSR count). The van der Waals surface area contributed by atoms with Crippen molar-refractivity contribution in [2.24, 2.45) is 0 Å². The van der Waals surface area contributed by atoms with Gasteiger partial charge >= 0.3 is 0 Å². The van der Waals surface area contributed by atoms with Gasteiger partial charge in [-0.1, -0.05) is 0 Å². The monoisotopic (exact) mass is 231 g/mol. The summed E-state index contributed by atoms with van der Waals surface area (Å²) >= 11 is 0. The van der Waals surface area contributed by atoms with Gasteiger partial charge in [0, 0.05) is 12.8 Å². The van der Waals surface area contributed by atoms with E-state index in [1.165, 1.54) is 0 Å². The zero-order valence-corrected chi connectivity index (χ0v) is 10.4. The zero-order valence-electron chi connectivity index (χ0n) is 10.4. The predicted molar refractivity (Wildman–Crippen MR) is 65.7 cm³/mol. The van der Waals surface area contributed by atoms with Crippen molar-refractivity contribution in [2.45, 2.75) is 38.8 Å². The molecule has 2 atom stereocenters. The summed E-state index contributed by atoms with van der Waals surface area (Å²) in [5.74, 6) is 0.660. The largest absolute Gasteiger partial charge is 0.376 e. The number of rotatable bonds is 2. The summed E-state index contributed by atoms with van der Waals surface area (Å²) in [4.78, 5) is 4.26. The van der Waals surface area contributed by atoms with Gasteiger partial charge in [-0.3, -0.25) is 0 Å². The molecule has 0 saturated carbocycles. The molecule has 1 aliphatic heterocycles. The van der Waals surface area contributed by atoms with E-state index in [1.54, 1.807) is 6.20 Å². The summed E-state index contributed by atoms with van der Waals surface area (Å²) < 4.78 is 5.57. The lowest BCUT2D eigenvalue weighted by molar-refractivity contribution is 0.105. The third kappa shape index (κ3) is 2.11. The third-order valence-corrected chi connectivity index (χ3v) is 3.56. The normalized spacial score (nSPS) is 27.8. The number of hydrogen-bond donors (Lipinski definition) is 1. The van der Waals surface area contributed by atoms with Crippen molar-refractivity contribution >= 4 is 5.82 Å². The van der Waals surface area contributed by atoms with Crippen molar-refractivity contribution in [1.29, 1.82) is 5.26 Å². The average molecular weight is 231 g/mol. The lowest BCUT2D eigenvalue weighted by Crippen LogP contribution is -2.41. The van der Waals surface area contributed by atoms with Crippen LogP contribution in [0.1, 0.15) is 31.4 Å². The Morgan fingerprint density at radius 2 is 2.41 bits per heavy atom. The van der Waals surface area contributed by atoms with Crippen molar-refractivity contribution in [3.05, 3.63) is 23.4 Å². The van der Waals surface area contributed by atoms with Gasteiger partial charge < -0.3 is 10.1 Å². The number of nitriles is 1. The lowest BCUT2D eigenvalue weighted by Gasteiger charge is -2.30. The van der Waals surface area contributed by atoms with Crippen LogP contribution in [0.3, 0.4) is 0 Å². The molecule has 1 N–H and O–H groups in total. The van der Waals surface area contributed by atoms with Gasteiger partial charge in [-0.25, -0.2) is 4.98 Å². The molecule has 90 valence electrons. The molecule has 2 unspecified atom stereocenters. The van der Waals surface area contributed by atoms with Crippen LogP contribution in [0.2, 0.25) is 0 Å². The fourth-order valence-electron chi connectivity index (χ4n) is 2.06. The highest BCUT2D eigenvalue weighted by Gasteiger charge is 2.37. The summed E-state index contributed by atoms with van der Waals surface area (Å²) in [7, 11) is 0. The fourth-order valence-corrected chi connectivity index (χ4v) is 2.06. The van der Waals surface area contributed by atoms with Crippen molar-refractivity contribution in [3.8, 4) is 6.07 Å². The molecule has 0 radical (unpaired) electrons. The highest BCUT2D eigenvalue weighted by molar-refractivity contribution is 5.56. The molecule has 1 aromatic rings. The topological polar surface area (TPSA) is 57.9 Å². The minimum atomic E-state index is -0.146. The van der Waals surface area contributed by atoms with Gasteiger partial charge in [0.15, 0.2) is 0 Å². The smallest absolute Gasteiger partial charge is 0.144 e. The second-order valence-corrected chi connectivity index (χ2v) is 4.77. The van der Waals surface area contributed by atoms with E-state index in [0.717, 1.165) is 18.6 Å². The molecule has 17 heavy (non-hydrogen) atoms. The predicted octanol–water partition coefficient (Wildman–Crippen LogP) is 2.24. The molecule has 0 aromatic carbocycles. The van der Waals surface area contributed by atoms with Gasteiger partial charge in [0.2, 0.25) is 0 Å². The highest BCUT2D eigenvalue weighted by Crippen LogP contribution is 2.30. The third-order valence-electron chi connectivity index (χ3n) is 3.56. The average Bonchev–Trinajstić information content (AvgIpc) is 2.59. The van der Waals surface area contributed by atoms with Gasteiger partial charge in [0.25, 0.3) is 0 Å². The Labute approximate surface area is 102 Å². The van der Waals surface area contributed by atoms with Crippen LogP contribution in [-0.2, 0) is 4.74 Å². The SMILES string of the molecule is Cc1ccnc(NC2(C)CCOC2C)c1C#N. The summed E-state index contributed by atoms with van der Waals surface area (Å²) in [6.07, 6.45) is 2.77. The standard InChI is InChI=1S/C13H17N3O/c1-9-4-6-15-12(11(9)8-14)16-13(3)5-7-17-10(13)2/h4,6,10H,5,7H2,1-3H3,(H,15,16). The zero-order chi connectivity index (χ0) is 12.5. The van der Waals surface area contributed by atoms with E-state index in [1.807, 2.05) is 19.9 Å². The molecule has 0 aliphatic carbocycles. The van der Waals surface area contributed by atoms with Crippen molar-refractivity contribution < 1.29 is 4.74 Å². The maximum atomic E-state index is 9.16. The van der Waals surface area contributed by atoms with Gasteiger partial charge in [-0.2, -0.15) is 5.26 Å². The Morgan fingerprint density at radius 3 is 3.00 bits per heavy atom. The summed E-state index contributed by atoms with van der Waals surface area (Å²) in [6.45, 7) is 6.82. The maximum absolute atomic E-state index is 9.16. The molecular formula is C13H17N3O. The Bertz CT molecular complexity index is 466. The molecule has 0 spiro atoms. The van der Waals surface area contributed by atoms with E-state index < -0.39 is 0 Å². The van der Waals surface area contributed by atoms with E-state index in [9.17, 15) is 0 Å². The number of nitrogens with one attached hydrogen (secondary N) is 1. The van der Waals surface area contributed by atoms with E-state index in [2.05, 4.69) is 23.3 Å². The first-order valence-corrected chi connectivity index (χ1v) is 5.82. The Hall–Kier alpha value is -1.60. The highest BCUT2D eigenvalue weighted by atomic mass is 16.5. The van der Waals surface area contributed by atoms with Crippen LogP contribution < -0.4 is 5.32 Å². The van der Waals surface area contributed by atoms with Crippen molar-refractivity contribution in [3.63, 3.8) is 0 Å². The Balaban J connectivity index is 2.31. The molecule has 0 amide bonds. The minimum Gasteiger partial charge on any atom is -0.376 e. The van der Waals surface area contributed by atoms with Gasteiger partial charge in [0.1, 0.15) is 11.9 Å². The number of anilines is 1. The Morgan fingerprint density at radius 1 is 1.65 bits per heavy atom.